The molecular formula is C18H20N2O4S. The molecule has 132 valence electrons. The third-order valence-corrected chi connectivity index (χ3v) is 4.43. The number of carbonyl (C=O) groups is 3. The molecule has 0 fully saturated rings. The lowest BCUT2D eigenvalue weighted by molar-refractivity contribution is -0.153. The number of hydrogen-bond donors (Lipinski definition) is 2. The van der Waals surface area contributed by atoms with Gasteiger partial charge in [-0.2, -0.15) is 0 Å². The predicted molar refractivity (Wildman–Crippen MR) is 96.4 cm³/mol. The maximum absolute atomic E-state index is 12.0. The summed E-state index contributed by atoms with van der Waals surface area (Å²) in [5.41, 5.74) is 6.00. The smallest absolute Gasteiger partial charge is 0.306 e. The van der Waals surface area contributed by atoms with E-state index in [1.54, 1.807) is 23.5 Å². The van der Waals surface area contributed by atoms with Gasteiger partial charge in [0.2, 0.25) is 5.91 Å². The summed E-state index contributed by atoms with van der Waals surface area (Å²) in [4.78, 5) is 36.1. The Morgan fingerprint density at radius 2 is 1.92 bits per heavy atom. The van der Waals surface area contributed by atoms with Crippen molar-refractivity contribution >= 4 is 34.8 Å². The molecule has 6 nitrogen and oxygen atoms in total. The van der Waals surface area contributed by atoms with Crippen LogP contribution in [-0.4, -0.2) is 23.9 Å². The molecule has 25 heavy (non-hydrogen) atoms. The van der Waals surface area contributed by atoms with Gasteiger partial charge >= 0.3 is 5.97 Å². The third kappa shape index (κ3) is 6.04. The van der Waals surface area contributed by atoms with Gasteiger partial charge in [0.05, 0.1) is 0 Å². The van der Waals surface area contributed by atoms with E-state index in [0.717, 1.165) is 6.42 Å². The van der Waals surface area contributed by atoms with Crippen LogP contribution in [0.15, 0.2) is 41.8 Å². The van der Waals surface area contributed by atoms with Gasteiger partial charge in [0, 0.05) is 22.5 Å². The number of ether oxygens (including phenoxy) is 1. The van der Waals surface area contributed by atoms with Crippen molar-refractivity contribution in [3.8, 4) is 0 Å². The van der Waals surface area contributed by atoms with Crippen LogP contribution in [0, 0.1) is 0 Å². The summed E-state index contributed by atoms with van der Waals surface area (Å²) in [7, 11) is 0. The van der Waals surface area contributed by atoms with Crippen molar-refractivity contribution in [1.82, 2.24) is 0 Å². The molecule has 1 aromatic heterocycles. The minimum Gasteiger partial charge on any atom is -0.453 e. The Morgan fingerprint density at radius 1 is 1.20 bits per heavy atom. The van der Waals surface area contributed by atoms with Crippen LogP contribution in [0.1, 0.15) is 35.0 Å². The molecule has 1 atom stereocenters. The van der Waals surface area contributed by atoms with Crippen LogP contribution in [0.5, 0.6) is 0 Å². The Kier molecular flexibility index (Phi) is 6.71. The molecule has 1 aromatic carbocycles. The number of thiophene rings is 1. The van der Waals surface area contributed by atoms with E-state index in [4.69, 9.17) is 10.5 Å². The lowest BCUT2D eigenvalue weighted by atomic mass is 10.2. The zero-order chi connectivity index (χ0) is 18.2. The Bertz CT molecular complexity index is 726. The topological polar surface area (TPSA) is 98.5 Å². The molecular weight excluding hydrogens is 340 g/mol. The molecule has 7 heteroatoms. The Morgan fingerprint density at radius 3 is 2.52 bits per heavy atom. The molecule has 0 spiro atoms. The molecule has 2 rings (SSSR count). The van der Waals surface area contributed by atoms with Gasteiger partial charge in [-0.25, -0.2) is 0 Å². The van der Waals surface area contributed by atoms with Crippen molar-refractivity contribution in [2.45, 2.75) is 32.3 Å². The highest BCUT2D eigenvalue weighted by atomic mass is 32.1. The molecule has 0 saturated carbocycles. The van der Waals surface area contributed by atoms with Gasteiger partial charge in [0.15, 0.2) is 6.10 Å². The fraction of sp³-hybridized carbons (Fsp3) is 0.278. The Labute approximate surface area is 150 Å². The Balaban J connectivity index is 1.75. The average Bonchev–Trinajstić information content (AvgIpc) is 3.08. The van der Waals surface area contributed by atoms with Gasteiger partial charge in [0.1, 0.15) is 0 Å². The first-order chi connectivity index (χ1) is 12.0. The minimum atomic E-state index is -0.898. The fourth-order valence-electron chi connectivity index (χ4n) is 2.13. The van der Waals surface area contributed by atoms with Crippen molar-refractivity contribution in [3.05, 3.63) is 52.2 Å². The van der Waals surface area contributed by atoms with E-state index in [1.807, 2.05) is 17.5 Å². The second-order valence-corrected chi connectivity index (χ2v) is 6.53. The van der Waals surface area contributed by atoms with Crippen LogP contribution >= 0.6 is 11.3 Å². The van der Waals surface area contributed by atoms with Gasteiger partial charge in [-0.3, -0.25) is 14.4 Å². The summed E-state index contributed by atoms with van der Waals surface area (Å²) in [6.45, 7) is 1.52. The molecule has 2 aromatic rings. The molecule has 0 bridgehead atoms. The zero-order valence-corrected chi connectivity index (χ0v) is 14.7. The lowest BCUT2D eigenvalue weighted by Crippen LogP contribution is -2.30. The number of benzene rings is 1. The third-order valence-electron chi connectivity index (χ3n) is 3.50. The van der Waals surface area contributed by atoms with Crippen molar-refractivity contribution in [1.29, 1.82) is 0 Å². The molecule has 0 aliphatic rings. The van der Waals surface area contributed by atoms with Crippen LogP contribution in [0.2, 0.25) is 0 Å². The SMILES string of the molecule is C[C@@H](OC(=O)CCCc1cccs1)C(=O)Nc1ccc(C(N)=O)cc1. The molecule has 1 heterocycles. The average molecular weight is 360 g/mol. The van der Waals surface area contributed by atoms with Crippen molar-refractivity contribution in [2.24, 2.45) is 5.73 Å². The van der Waals surface area contributed by atoms with Crippen LogP contribution in [0.4, 0.5) is 5.69 Å². The molecule has 0 radical (unpaired) electrons. The summed E-state index contributed by atoms with van der Waals surface area (Å²) in [5.74, 6) is -1.37. The second kappa shape index (κ2) is 8.98. The zero-order valence-electron chi connectivity index (χ0n) is 13.9. The van der Waals surface area contributed by atoms with Crippen LogP contribution < -0.4 is 11.1 Å². The molecule has 0 aliphatic carbocycles. The summed E-state index contributed by atoms with van der Waals surface area (Å²) >= 11 is 1.65. The molecule has 3 N–H and O–H groups in total. The second-order valence-electron chi connectivity index (χ2n) is 5.50. The highest BCUT2D eigenvalue weighted by molar-refractivity contribution is 7.09. The van der Waals surface area contributed by atoms with E-state index in [0.29, 0.717) is 17.7 Å². The maximum atomic E-state index is 12.0. The summed E-state index contributed by atoms with van der Waals surface area (Å²) in [6, 6.07) is 10.1. The molecule has 2 amide bonds. The maximum Gasteiger partial charge on any atom is 0.306 e. The first-order valence-electron chi connectivity index (χ1n) is 7.88. The lowest BCUT2D eigenvalue weighted by Gasteiger charge is -2.13. The minimum absolute atomic E-state index is 0.267. The van der Waals surface area contributed by atoms with E-state index < -0.39 is 23.9 Å². The highest BCUT2D eigenvalue weighted by Crippen LogP contribution is 2.13. The Hall–Kier alpha value is -2.67. The number of rotatable bonds is 8. The van der Waals surface area contributed by atoms with Gasteiger partial charge in [-0.05, 0) is 55.5 Å². The normalized spacial score (nSPS) is 11.6. The first kappa shape index (κ1) is 18.7. The largest absolute Gasteiger partial charge is 0.453 e. The number of nitrogens with two attached hydrogens (primary N) is 1. The molecule has 0 saturated heterocycles. The number of hydrogen-bond acceptors (Lipinski definition) is 5. The van der Waals surface area contributed by atoms with Crippen LogP contribution in [0.3, 0.4) is 0 Å². The van der Waals surface area contributed by atoms with Crippen molar-refractivity contribution < 1.29 is 19.1 Å². The molecule has 0 aliphatic heterocycles. The van der Waals surface area contributed by atoms with Crippen molar-refractivity contribution in [2.75, 3.05) is 5.32 Å². The van der Waals surface area contributed by atoms with E-state index in [1.165, 1.54) is 23.9 Å². The number of aryl methyl sites for hydroxylation is 1. The highest BCUT2D eigenvalue weighted by Gasteiger charge is 2.17. The summed E-state index contributed by atoms with van der Waals surface area (Å²) < 4.78 is 5.14. The number of esters is 1. The fourth-order valence-corrected chi connectivity index (χ4v) is 2.88. The van der Waals surface area contributed by atoms with Crippen molar-refractivity contribution in [3.63, 3.8) is 0 Å². The van der Waals surface area contributed by atoms with Crippen LogP contribution in [-0.2, 0) is 20.7 Å². The van der Waals surface area contributed by atoms with E-state index in [9.17, 15) is 14.4 Å². The number of nitrogens with one attached hydrogen (secondary N) is 1. The van der Waals surface area contributed by atoms with Crippen LogP contribution in [0.25, 0.3) is 0 Å². The quantitative estimate of drug-likeness (QED) is 0.707. The number of primary amides is 1. The van der Waals surface area contributed by atoms with Gasteiger partial charge in [0.25, 0.3) is 5.91 Å². The van der Waals surface area contributed by atoms with E-state index in [2.05, 4.69) is 5.32 Å². The van der Waals surface area contributed by atoms with Gasteiger partial charge in [-0.15, -0.1) is 11.3 Å². The van der Waals surface area contributed by atoms with E-state index in [-0.39, 0.29) is 6.42 Å². The standard InChI is InChI=1S/C18H20N2O4S/c1-12(24-16(21)6-2-4-15-5-3-11-25-15)18(23)20-14-9-7-13(8-10-14)17(19)22/h3,5,7-12H,2,4,6H2,1H3,(H2,19,22)(H,20,23)/t12-/m1/s1. The number of anilines is 1. The number of amides is 2. The molecule has 0 unspecified atom stereocenters. The number of carbonyl (C=O) groups excluding carboxylic acids is 3. The van der Waals surface area contributed by atoms with E-state index >= 15 is 0 Å². The predicted octanol–water partition coefficient (Wildman–Crippen LogP) is 2.74. The monoisotopic (exact) mass is 360 g/mol. The summed E-state index contributed by atoms with van der Waals surface area (Å²) in [5, 5.41) is 4.62. The summed E-state index contributed by atoms with van der Waals surface area (Å²) in [6.07, 6.45) is 0.870. The van der Waals surface area contributed by atoms with Gasteiger partial charge in [-0.1, -0.05) is 6.07 Å². The van der Waals surface area contributed by atoms with Gasteiger partial charge < -0.3 is 15.8 Å². The first-order valence-corrected chi connectivity index (χ1v) is 8.76.